The maximum atomic E-state index is 12.0. The summed E-state index contributed by atoms with van der Waals surface area (Å²) in [6.45, 7) is 0. The van der Waals surface area contributed by atoms with Crippen LogP contribution in [0.25, 0.3) is 5.76 Å². The third-order valence-electron chi connectivity index (χ3n) is 4.27. The number of ether oxygens (including phenoxy) is 1. The van der Waals surface area contributed by atoms with Gasteiger partial charge in [0, 0.05) is 22.1 Å². The highest BCUT2D eigenvalue weighted by Crippen LogP contribution is 2.49. The second-order valence-corrected chi connectivity index (χ2v) is 6.69. The summed E-state index contributed by atoms with van der Waals surface area (Å²) in [6.07, 6.45) is 0. The second-order valence-electron chi connectivity index (χ2n) is 5.67. The highest BCUT2D eigenvalue weighted by Gasteiger charge is 2.38. The molecule has 2 heterocycles. The molecule has 2 aliphatic rings. The number of aliphatic hydroxyl groups excluding tert-OH is 1. The van der Waals surface area contributed by atoms with Crippen molar-refractivity contribution < 1.29 is 14.6 Å². The Hall–Kier alpha value is -2.66. The molecule has 2 aromatic rings. The van der Waals surface area contributed by atoms with Crippen molar-refractivity contribution in [2.45, 2.75) is 10.8 Å². The smallest absolute Gasteiger partial charge is 0.292 e. The van der Waals surface area contributed by atoms with E-state index in [9.17, 15) is 9.90 Å². The third-order valence-corrected chi connectivity index (χ3v) is 5.39. The number of amides is 1. The number of aliphatic hydroxyl groups is 1. The first kappa shape index (κ1) is 14.9. The largest absolute Gasteiger partial charge is 0.480 e. The summed E-state index contributed by atoms with van der Waals surface area (Å²) < 4.78 is 5.64. The molecule has 1 amide bonds. The summed E-state index contributed by atoms with van der Waals surface area (Å²) in [7, 11) is 0. The van der Waals surface area contributed by atoms with Crippen molar-refractivity contribution in [3.05, 3.63) is 82.8 Å². The second kappa shape index (κ2) is 5.76. The average Bonchev–Trinajstić information content (AvgIpc) is 2.61. The molecular weight excluding hydrogens is 322 g/mol. The lowest BCUT2D eigenvalue weighted by Crippen LogP contribution is -2.28. The fraction of sp³-hybridized carbons (Fsp3) is 0.105. The monoisotopic (exact) mass is 337 g/mol. The van der Waals surface area contributed by atoms with E-state index in [0.717, 1.165) is 21.6 Å². The minimum absolute atomic E-state index is 0.111. The lowest BCUT2D eigenvalue weighted by atomic mass is 9.82. The van der Waals surface area contributed by atoms with Crippen LogP contribution in [0.1, 0.15) is 17.0 Å². The average molecular weight is 337 g/mol. The van der Waals surface area contributed by atoms with Crippen LogP contribution in [0.15, 0.2) is 76.6 Å². The normalized spacial score (nSPS) is 19.4. The maximum absolute atomic E-state index is 12.0. The number of rotatable bonds is 2. The van der Waals surface area contributed by atoms with E-state index in [1.807, 2.05) is 54.6 Å². The molecular formula is C19H15NO3S. The van der Waals surface area contributed by atoms with Crippen LogP contribution >= 0.6 is 11.8 Å². The van der Waals surface area contributed by atoms with Crippen molar-refractivity contribution in [3.63, 3.8) is 0 Å². The summed E-state index contributed by atoms with van der Waals surface area (Å²) in [5.41, 5.74) is 8.44. The van der Waals surface area contributed by atoms with Crippen LogP contribution in [0.4, 0.5) is 0 Å². The fourth-order valence-corrected chi connectivity index (χ4v) is 4.32. The molecule has 0 aromatic heterocycles. The molecule has 1 atom stereocenters. The Labute approximate surface area is 143 Å². The predicted molar refractivity (Wildman–Crippen MR) is 93.2 cm³/mol. The molecule has 2 aromatic carbocycles. The summed E-state index contributed by atoms with van der Waals surface area (Å²) >= 11 is 1.69. The number of carbonyl (C=O) groups is 1. The molecule has 0 saturated heterocycles. The fourth-order valence-electron chi connectivity index (χ4n) is 3.22. The van der Waals surface area contributed by atoms with E-state index in [-0.39, 0.29) is 5.57 Å². The minimum Gasteiger partial charge on any atom is -0.480 e. The molecule has 1 unspecified atom stereocenters. The highest BCUT2D eigenvalue weighted by atomic mass is 32.2. The van der Waals surface area contributed by atoms with Gasteiger partial charge in [-0.15, -0.1) is 11.8 Å². The van der Waals surface area contributed by atoms with Crippen molar-refractivity contribution >= 4 is 23.4 Å². The van der Waals surface area contributed by atoms with Crippen LogP contribution < -0.4 is 5.73 Å². The number of carbonyl (C=O) groups excluding carboxylic acids is 1. The Morgan fingerprint density at radius 1 is 1.12 bits per heavy atom. The van der Waals surface area contributed by atoms with Gasteiger partial charge in [-0.25, -0.2) is 0 Å². The molecule has 0 fully saturated rings. The van der Waals surface area contributed by atoms with Gasteiger partial charge in [-0.1, -0.05) is 48.5 Å². The van der Waals surface area contributed by atoms with Gasteiger partial charge in [0.1, 0.15) is 11.3 Å². The third kappa shape index (κ3) is 2.29. The molecule has 0 radical (unpaired) electrons. The first-order chi connectivity index (χ1) is 11.7. The molecule has 0 saturated carbocycles. The molecule has 24 heavy (non-hydrogen) atoms. The molecule has 5 heteroatoms. The van der Waals surface area contributed by atoms with Crippen LogP contribution in [0, 0.1) is 0 Å². The first-order valence-corrected chi connectivity index (χ1v) is 8.56. The molecule has 0 bridgehead atoms. The van der Waals surface area contributed by atoms with Gasteiger partial charge >= 0.3 is 0 Å². The standard InChI is InChI=1S/C19H15NO3S/c20-18(21)16-15(11-6-2-1-3-7-11)13-10-24-14-9-5-4-8-12(14)17(13)23-19(16)22/h1-9,15,22H,10H2,(H2,20,21). The van der Waals surface area contributed by atoms with Gasteiger partial charge in [-0.05, 0) is 17.2 Å². The zero-order valence-electron chi connectivity index (χ0n) is 12.7. The molecule has 120 valence electrons. The van der Waals surface area contributed by atoms with Crippen LogP contribution in [-0.2, 0) is 9.53 Å². The molecule has 4 rings (SSSR count). The molecule has 4 nitrogen and oxygen atoms in total. The summed E-state index contributed by atoms with van der Waals surface area (Å²) in [5, 5.41) is 10.4. The van der Waals surface area contributed by atoms with Crippen LogP contribution in [0.5, 0.6) is 0 Å². The Bertz CT molecular complexity index is 886. The lowest BCUT2D eigenvalue weighted by Gasteiger charge is -2.33. The van der Waals surface area contributed by atoms with Gasteiger partial charge in [-0.2, -0.15) is 0 Å². The quantitative estimate of drug-likeness (QED) is 0.879. The van der Waals surface area contributed by atoms with Crippen molar-refractivity contribution in [1.82, 2.24) is 0 Å². The molecule has 0 spiro atoms. The number of fused-ring (bicyclic) bond motifs is 2. The zero-order chi connectivity index (χ0) is 16.7. The number of thioether (sulfide) groups is 1. The minimum atomic E-state index is -0.670. The van der Waals surface area contributed by atoms with Crippen LogP contribution in [-0.4, -0.2) is 16.8 Å². The Kier molecular flexibility index (Phi) is 3.58. The van der Waals surface area contributed by atoms with Gasteiger partial charge < -0.3 is 15.6 Å². The summed E-state index contributed by atoms with van der Waals surface area (Å²) in [4.78, 5) is 13.1. The maximum Gasteiger partial charge on any atom is 0.292 e. The number of nitrogens with two attached hydrogens (primary N) is 1. The van der Waals surface area contributed by atoms with E-state index in [4.69, 9.17) is 10.5 Å². The van der Waals surface area contributed by atoms with Crippen molar-refractivity contribution in [2.24, 2.45) is 5.73 Å². The van der Waals surface area contributed by atoms with Crippen molar-refractivity contribution in [2.75, 3.05) is 5.75 Å². The van der Waals surface area contributed by atoms with Gasteiger partial charge in [0.15, 0.2) is 0 Å². The van der Waals surface area contributed by atoms with E-state index in [1.54, 1.807) is 11.8 Å². The van der Waals surface area contributed by atoms with E-state index in [0.29, 0.717) is 11.5 Å². The molecule has 3 N–H and O–H groups in total. The SMILES string of the molecule is NC(=O)C1=C(O)OC2=C(CSc3ccccc32)C1c1ccccc1. The number of benzene rings is 2. The number of primary amides is 1. The molecule has 2 aliphatic heterocycles. The van der Waals surface area contributed by atoms with Crippen molar-refractivity contribution in [3.8, 4) is 0 Å². The van der Waals surface area contributed by atoms with E-state index < -0.39 is 17.8 Å². The van der Waals surface area contributed by atoms with Crippen LogP contribution in [0.3, 0.4) is 0 Å². The van der Waals surface area contributed by atoms with E-state index in [2.05, 4.69) is 0 Å². The Balaban J connectivity index is 1.94. The van der Waals surface area contributed by atoms with Gasteiger partial charge in [0.2, 0.25) is 0 Å². The predicted octanol–water partition coefficient (Wildman–Crippen LogP) is 3.57. The van der Waals surface area contributed by atoms with Gasteiger partial charge in [0.05, 0.1) is 0 Å². The zero-order valence-corrected chi connectivity index (χ0v) is 13.5. The highest BCUT2D eigenvalue weighted by molar-refractivity contribution is 7.99. The Morgan fingerprint density at radius 3 is 2.58 bits per heavy atom. The topological polar surface area (TPSA) is 72.6 Å². The Morgan fingerprint density at radius 2 is 1.83 bits per heavy atom. The van der Waals surface area contributed by atoms with Gasteiger partial charge in [-0.3, -0.25) is 4.79 Å². The number of hydrogen-bond donors (Lipinski definition) is 2. The van der Waals surface area contributed by atoms with Crippen LogP contribution in [0.2, 0.25) is 0 Å². The summed E-state index contributed by atoms with van der Waals surface area (Å²) in [5.74, 6) is -0.168. The lowest BCUT2D eigenvalue weighted by molar-refractivity contribution is -0.115. The summed E-state index contributed by atoms with van der Waals surface area (Å²) in [6, 6.07) is 17.5. The molecule has 0 aliphatic carbocycles. The number of hydrogen-bond acceptors (Lipinski definition) is 4. The van der Waals surface area contributed by atoms with E-state index in [1.165, 1.54) is 0 Å². The van der Waals surface area contributed by atoms with E-state index >= 15 is 0 Å². The van der Waals surface area contributed by atoms with Crippen molar-refractivity contribution in [1.29, 1.82) is 0 Å². The first-order valence-electron chi connectivity index (χ1n) is 7.58. The van der Waals surface area contributed by atoms with Gasteiger partial charge in [0.25, 0.3) is 11.9 Å².